The minimum absolute atomic E-state index is 0.0123. The first-order chi connectivity index (χ1) is 8.76. The molecule has 5 nitrogen and oxygen atoms in total. The predicted molar refractivity (Wildman–Crippen MR) is 74.6 cm³/mol. The molecule has 0 fully saturated rings. The van der Waals surface area contributed by atoms with Gasteiger partial charge in [0.1, 0.15) is 5.56 Å². The van der Waals surface area contributed by atoms with Crippen LogP contribution in [0.5, 0.6) is 0 Å². The maximum atomic E-state index is 12.1. The van der Waals surface area contributed by atoms with E-state index in [2.05, 4.69) is 5.32 Å². The molecule has 0 saturated carbocycles. The molecule has 6 heteroatoms. The van der Waals surface area contributed by atoms with Crippen molar-refractivity contribution in [2.45, 2.75) is 39.2 Å². The van der Waals surface area contributed by atoms with Crippen LogP contribution in [0.4, 0.5) is 5.69 Å². The molecule has 1 amide bonds. The largest absolute Gasteiger partial charge is 0.347 e. The van der Waals surface area contributed by atoms with E-state index in [9.17, 15) is 14.9 Å². The Morgan fingerprint density at radius 1 is 1.47 bits per heavy atom. The summed E-state index contributed by atoms with van der Waals surface area (Å²) in [5.41, 5.74) is -0.668. The maximum absolute atomic E-state index is 12.1. The summed E-state index contributed by atoms with van der Waals surface area (Å²) < 4.78 is 0. The quantitative estimate of drug-likeness (QED) is 0.664. The number of benzene rings is 1. The fraction of sp³-hybridized carbons (Fsp3) is 0.462. The van der Waals surface area contributed by atoms with Crippen LogP contribution in [0, 0.1) is 10.1 Å². The Balaban J connectivity index is 3.05. The van der Waals surface area contributed by atoms with Gasteiger partial charge in [0.25, 0.3) is 11.6 Å². The molecule has 0 saturated heterocycles. The summed E-state index contributed by atoms with van der Waals surface area (Å²) in [5.74, 6) is -0.479. The van der Waals surface area contributed by atoms with Crippen molar-refractivity contribution >= 4 is 23.2 Å². The van der Waals surface area contributed by atoms with Crippen molar-refractivity contribution in [3.8, 4) is 0 Å². The number of carbonyl (C=O) groups excluding carboxylic acids is 1. The van der Waals surface area contributed by atoms with Gasteiger partial charge in [0.05, 0.1) is 4.92 Å². The van der Waals surface area contributed by atoms with Crippen LogP contribution in [-0.4, -0.2) is 16.4 Å². The summed E-state index contributed by atoms with van der Waals surface area (Å²) in [6, 6.07) is 3.95. The lowest BCUT2D eigenvalue weighted by atomic mass is 9.98. The van der Waals surface area contributed by atoms with Crippen molar-refractivity contribution in [2.24, 2.45) is 0 Å². The van der Waals surface area contributed by atoms with Crippen LogP contribution in [0.3, 0.4) is 0 Å². The number of hydrogen-bond donors (Lipinski definition) is 1. The van der Waals surface area contributed by atoms with E-state index in [1.807, 2.05) is 20.8 Å². The normalized spacial score (nSPS) is 11.2. The summed E-state index contributed by atoms with van der Waals surface area (Å²) in [7, 11) is 0. The number of nitro groups is 1. The molecule has 0 bridgehead atoms. The molecule has 0 radical (unpaired) electrons. The van der Waals surface area contributed by atoms with Gasteiger partial charge in [-0.15, -0.1) is 0 Å². The van der Waals surface area contributed by atoms with Gasteiger partial charge in [-0.3, -0.25) is 14.9 Å². The van der Waals surface area contributed by atoms with E-state index < -0.39 is 16.4 Å². The molecule has 1 aromatic carbocycles. The predicted octanol–water partition coefficient (Wildman–Crippen LogP) is 3.56. The van der Waals surface area contributed by atoms with Gasteiger partial charge in [-0.25, -0.2) is 0 Å². The topological polar surface area (TPSA) is 72.2 Å². The molecule has 1 aromatic rings. The van der Waals surface area contributed by atoms with Gasteiger partial charge in [-0.1, -0.05) is 24.9 Å². The Bertz CT molecular complexity index is 501. The molecule has 1 N–H and O–H groups in total. The first kappa shape index (κ1) is 15.4. The molecule has 1 rings (SSSR count). The molecule has 0 heterocycles. The molecule has 0 aromatic heterocycles. The van der Waals surface area contributed by atoms with Crippen molar-refractivity contribution in [1.29, 1.82) is 0 Å². The summed E-state index contributed by atoms with van der Waals surface area (Å²) >= 11 is 5.80. The van der Waals surface area contributed by atoms with Crippen LogP contribution < -0.4 is 5.32 Å². The first-order valence-corrected chi connectivity index (χ1v) is 6.41. The highest BCUT2D eigenvalue weighted by molar-refractivity contribution is 6.31. The number of rotatable bonds is 5. The average molecular weight is 285 g/mol. The monoisotopic (exact) mass is 284 g/mol. The van der Waals surface area contributed by atoms with Gasteiger partial charge in [0.2, 0.25) is 0 Å². The lowest BCUT2D eigenvalue weighted by Gasteiger charge is -2.25. The van der Waals surface area contributed by atoms with Gasteiger partial charge >= 0.3 is 0 Å². The summed E-state index contributed by atoms with van der Waals surface area (Å²) in [6.07, 6.45) is 1.69. The van der Waals surface area contributed by atoms with E-state index in [-0.39, 0.29) is 11.3 Å². The van der Waals surface area contributed by atoms with Gasteiger partial charge in [0.15, 0.2) is 0 Å². The van der Waals surface area contributed by atoms with Gasteiger partial charge in [0, 0.05) is 16.6 Å². The summed E-state index contributed by atoms with van der Waals surface area (Å²) in [6.45, 7) is 5.77. The van der Waals surface area contributed by atoms with E-state index in [0.717, 1.165) is 12.8 Å². The lowest BCUT2D eigenvalue weighted by Crippen LogP contribution is -2.43. The zero-order valence-corrected chi connectivity index (χ0v) is 12.0. The molecule has 0 unspecified atom stereocenters. The van der Waals surface area contributed by atoms with E-state index in [0.29, 0.717) is 5.02 Å². The average Bonchev–Trinajstić information content (AvgIpc) is 2.27. The number of carbonyl (C=O) groups is 1. The highest BCUT2D eigenvalue weighted by Crippen LogP contribution is 2.23. The molecule has 0 spiro atoms. The van der Waals surface area contributed by atoms with Crippen LogP contribution in [0.25, 0.3) is 0 Å². The zero-order valence-electron chi connectivity index (χ0n) is 11.2. The van der Waals surface area contributed by atoms with Crippen molar-refractivity contribution < 1.29 is 9.72 Å². The highest BCUT2D eigenvalue weighted by atomic mass is 35.5. The van der Waals surface area contributed by atoms with Gasteiger partial charge < -0.3 is 5.32 Å². The van der Waals surface area contributed by atoms with Crippen molar-refractivity contribution in [3.63, 3.8) is 0 Å². The van der Waals surface area contributed by atoms with Gasteiger partial charge in [-0.05, 0) is 32.4 Å². The van der Waals surface area contributed by atoms with Crippen LogP contribution in [0.2, 0.25) is 5.02 Å². The third kappa shape index (κ3) is 4.21. The molecule has 0 aliphatic rings. The minimum atomic E-state index is -0.585. The van der Waals surface area contributed by atoms with Crippen LogP contribution in [0.1, 0.15) is 44.0 Å². The summed E-state index contributed by atoms with van der Waals surface area (Å²) in [4.78, 5) is 22.5. The number of hydrogen-bond acceptors (Lipinski definition) is 3. The molecule has 0 aliphatic heterocycles. The van der Waals surface area contributed by atoms with E-state index in [1.165, 1.54) is 18.2 Å². The third-order valence-corrected chi connectivity index (χ3v) is 2.96. The molecular weight excluding hydrogens is 268 g/mol. The number of nitrogens with one attached hydrogen (secondary N) is 1. The number of amides is 1. The molecule has 19 heavy (non-hydrogen) atoms. The Kier molecular flexibility index (Phi) is 4.89. The molecule has 104 valence electrons. The van der Waals surface area contributed by atoms with Crippen molar-refractivity contribution in [3.05, 3.63) is 38.9 Å². The Labute approximate surface area is 117 Å². The molecular formula is C13H17ClN2O3. The Morgan fingerprint density at radius 2 is 2.11 bits per heavy atom. The smallest absolute Gasteiger partial charge is 0.282 e. The second-order valence-corrected chi connectivity index (χ2v) is 5.44. The molecule has 0 atom stereocenters. The SMILES string of the molecule is CCCC(C)(C)NC(=O)c1cc(Cl)ccc1[N+](=O)[O-]. The van der Waals surface area contributed by atoms with Crippen molar-refractivity contribution in [1.82, 2.24) is 5.32 Å². The fourth-order valence-electron chi connectivity index (χ4n) is 1.91. The van der Waals surface area contributed by atoms with Crippen molar-refractivity contribution in [2.75, 3.05) is 0 Å². The van der Waals surface area contributed by atoms with Crippen LogP contribution >= 0.6 is 11.6 Å². The van der Waals surface area contributed by atoms with Gasteiger partial charge in [-0.2, -0.15) is 0 Å². The summed E-state index contributed by atoms with van der Waals surface area (Å²) in [5, 5.41) is 14.0. The minimum Gasteiger partial charge on any atom is -0.347 e. The number of nitrogens with zero attached hydrogens (tertiary/aromatic N) is 1. The highest BCUT2D eigenvalue weighted by Gasteiger charge is 2.25. The van der Waals surface area contributed by atoms with Crippen LogP contribution in [-0.2, 0) is 0 Å². The van der Waals surface area contributed by atoms with Crippen LogP contribution in [0.15, 0.2) is 18.2 Å². The first-order valence-electron chi connectivity index (χ1n) is 6.03. The third-order valence-electron chi connectivity index (χ3n) is 2.73. The lowest BCUT2D eigenvalue weighted by molar-refractivity contribution is -0.385. The Hall–Kier alpha value is -1.62. The second-order valence-electron chi connectivity index (χ2n) is 5.01. The fourth-order valence-corrected chi connectivity index (χ4v) is 2.08. The molecule has 0 aliphatic carbocycles. The maximum Gasteiger partial charge on any atom is 0.282 e. The standard InChI is InChI=1S/C13H17ClN2O3/c1-4-7-13(2,3)15-12(17)10-8-9(14)5-6-11(10)16(18)19/h5-6,8H,4,7H2,1-3H3,(H,15,17). The van der Waals surface area contributed by atoms with E-state index in [1.54, 1.807) is 0 Å². The number of halogens is 1. The Morgan fingerprint density at radius 3 is 2.63 bits per heavy atom. The zero-order chi connectivity index (χ0) is 14.6. The second kappa shape index (κ2) is 6.02. The van der Waals surface area contributed by atoms with E-state index >= 15 is 0 Å². The van der Waals surface area contributed by atoms with E-state index in [4.69, 9.17) is 11.6 Å². The number of nitro benzene ring substituents is 1.